The Morgan fingerprint density at radius 3 is 2.28 bits per heavy atom. The molecule has 0 saturated carbocycles. The molecule has 0 aliphatic rings. The van der Waals surface area contributed by atoms with E-state index in [-0.39, 0.29) is 0 Å². The molecule has 1 N–H and O–H groups in total. The van der Waals surface area contributed by atoms with Crippen molar-refractivity contribution in [3.05, 3.63) is 84.4 Å². The van der Waals surface area contributed by atoms with Crippen LogP contribution < -0.4 is 19.5 Å². The van der Waals surface area contributed by atoms with E-state index in [0.717, 1.165) is 35.1 Å². The first-order valence-electron chi connectivity index (χ1n) is 10.1. The van der Waals surface area contributed by atoms with Crippen LogP contribution in [-0.2, 0) is 6.54 Å². The molecule has 0 unspecified atom stereocenters. The third kappa shape index (κ3) is 7.07. The van der Waals surface area contributed by atoms with Gasteiger partial charge in [0.15, 0.2) is 0 Å². The molecule has 0 bridgehead atoms. The van der Waals surface area contributed by atoms with Crippen molar-refractivity contribution < 1.29 is 14.2 Å². The first-order chi connectivity index (χ1) is 14.2. The second-order valence-electron chi connectivity index (χ2n) is 7.21. The van der Waals surface area contributed by atoms with Crippen molar-refractivity contribution in [3.8, 4) is 17.2 Å². The lowest BCUT2D eigenvalue weighted by molar-refractivity contribution is 0.218. The number of hydrogen-bond donors (Lipinski definition) is 1. The van der Waals surface area contributed by atoms with Gasteiger partial charge in [-0.2, -0.15) is 0 Å². The SMILES string of the molecule is CC(C)COc1cccc(CNc2ccccc2OCCOc2ccccc2)c1. The summed E-state index contributed by atoms with van der Waals surface area (Å²) in [5.41, 5.74) is 2.12. The summed E-state index contributed by atoms with van der Waals surface area (Å²) < 4.78 is 17.4. The van der Waals surface area contributed by atoms with E-state index >= 15 is 0 Å². The normalized spacial score (nSPS) is 10.6. The van der Waals surface area contributed by atoms with Crippen LogP contribution in [0.1, 0.15) is 19.4 Å². The van der Waals surface area contributed by atoms with Gasteiger partial charge in [-0.3, -0.25) is 0 Å². The minimum absolute atomic E-state index is 0.478. The second-order valence-corrected chi connectivity index (χ2v) is 7.21. The fraction of sp³-hybridized carbons (Fsp3) is 0.280. The van der Waals surface area contributed by atoms with Gasteiger partial charge < -0.3 is 19.5 Å². The minimum Gasteiger partial charge on any atom is -0.493 e. The molecule has 3 aromatic rings. The highest BCUT2D eigenvalue weighted by Crippen LogP contribution is 2.25. The van der Waals surface area contributed by atoms with Crippen molar-refractivity contribution in [2.45, 2.75) is 20.4 Å². The number of para-hydroxylation sites is 3. The lowest BCUT2D eigenvalue weighted by atomic mass is 10.2. The van der Waals surface area contributed by atoms with E-state index in [0.29, 0.717) is 25.7 Å². The molecule has 4 nitrogen and oxygen atoms in total. The molecule has 3 aromatic carbocycles. The van der Waals surface area contributed by atoms with Gasteiger partial charge >= 0.3 is 0 Å². The highest BCUT2D eigenvalue weighted by molar-refractivity contribution is 5.56. The number of benzene rings is 3. The lowest BCUT2D eigenvalue weighted by Gasteiger charge is -2.14. The van der Waals surface area contributed by atoms with E-state index in [1.807, 2.05) is 66.7 Å². The third-order valence-corrected chi connectivity index (χ3v) is 4.20. The molecule has 0 aliphatic heterocycles. The Morgan fingerprint density at radius 1 is 0.724 bits per heavy atom. The van der Waals surface area contributed by atoms with Crippen molar-refractivity contribution >= 4 is 5.69 Å². The van der Waals surface area contributed by atoms with Gasteiger partial charge in [0.2, 0.25) is 0 Å². The van der Waals surface area contributed by atoms with Crippen LogP contribution in [0.25, 0.3) is 0 Å². The second kappa shape index (κ2) is 11.0. The quantitative estimate of drug-likeness (QED) is 0.420. The number of ether oxygens (including phenoxy) is 3. The molecule has 0 atom stereocenters. The monoisotopic (exact) mass is 391 g/mol. The summed E-state index contributed by atoms with van der Waals surface area (Å²) in [6.07, 6.45) is 0. The van der Waals surface area contributed by atoms with Crippen LogP contribution in [0, 0.1) is 5.92 Å². The summed E-state index contributed by atoms with van der Waals surface area (Å²) >= 11 is 0. The standard InChI is InChI=1S/C25H29NO3/c1-20(2)19-29-23-12-8-9-21(17-23)18-26-24-13-6-7-14-25(24)28-16-15-27-22-10-4-3-5-11-22/h3-14,17,20,26H,15-16,18-19H2,1-2H3. The zero-order valence-corrected chi connectivity index (χ0v) is 17.1. The molecule has 152 valence electrons. The third-order valence-electron chi connectivity index (χ3n) is 4.20. The largest absolute Gasteiger partial charge is 0.493 e. The summed E-state index contributed by atoms with van der Waals surface area (Å²) in [5, 5.41) is 3.46. The van der Waals surface area contributed by atoms with E-state index in [2.05, 4.69) is 31.3 Å². The minimum atomic E-state index is 0.478. The maximum Gasteiger partial charge on any atom is 0.142 e. The predicted molar refractivity (Wildman–Crippen MR) is 118 cm³/mol. The summed E-state index contributed by atoms with van der Waals surface area (Å²) in [5.74, 6) is 3.07. The Kier molecular flexibility index (Phi) is 7.81. The molecule has 3 rings (SSSR count). The van der Waals surface area contributed by atoms with E-state index in [9.17, 15) is 0 Å². The van der Waals surface area contributed by atoms with Gasteiger partial charge in [-0.25, -0.2) is 0 Å². The van der Waals surface area contributed by atoms with Gasteiger partial charge in [0, 0.05) is 6.54 Å². The molecule has 0 fully saturated rings. The summed E-state index contributed by atoms with van der Waals surface area (Å²) in [6, 6.07) is 25.9. The van der Waals surface area contributed by atoms with Gasteiger partial charge in [-0.1, -0.05) is 56.3 Å². The fourth-order valence-corrected chi connectivity index (χ4v) is 2.77. The molecular formula is C25H29NO3. The maximum absolute atomic E-state index is 5.92. The van der Waals surface area contributed by atoms with Crippen molar-refractivity contribution in [3.63, 3.8) is 0 Å². The Hall–Kier alpha value is -3.14. The summed E-state index contributed by atoms with van der Waals surface area (Å²) in [6.45, 7) is 6.68. The maximum atomic E-state index is 5.92. The van der Waals surface area contributed by atoms with E-state index in [4.69, 9.17) is 14.2 Å². The molecule has 0 amide bonds. The van der Waals surface area contributed by atoms with Crippen LogP contribution in [0.15, 0.2) is 78.9 Å². The summed E-state index contributed by atoms with van der Waals surface area (Å²) in [4.78, 5) is 0. The van der Waals surface area contributed by atoms with Crippen molar-refractivity contribution in [2.24, 2.45) is 5.92 Å². The van der Waals surface area contributed by atoms with Crippen LogP contribution in [-0.4, -0.2) is 19.8 Å². The van der Waals surface area contributed by atoms with E-state index < -0.39 is 0 Å². The van der Waals surface area contributed by atoms with Gasteiger partial charge in [0.1, 0.15) is 30.5 Å². The average molecular weight is 392 g/mol. The van der Waals surface area contributed by atoms with Crippen LogP contribution >= 0.6 is 0 Å². The Balaban J connectivity index is 1.50. The van der Waals surface area contributed by atoms with Gasteiger partial charge in [-0.15, -0.1) is 0 Å². The number of anilines is 1. The van der Waals surface area contributed by atoms with Crippen LogP contribution in [0.4, 0.5) is 5.69 Å². The molecule has 0 heterocycles. The lowest BCUT2D eigenvalue weighted by Crippen LogP contribution is -2.10. The molecule has 0 aliphatic carbocycles. The van der Waals surface area contributed by atoms with Crippen LogP contribution in [0.2, 0.25) is 0 Å². The fourth-order valence-electron chi connectivity index (χ4n) is 2.77. The molecular weight excluding hydrogens is 362 g/mol. The predicted octanol–water partition coefficient (Wildman–Crippen LogP) is 5.79. The highest BCUT2D eigenvalue weighted by atomic mass is 16.5. The van der Waals surface area contributed by atoms with E-state index in [1.54, 1.807) is 0 Å². The highest BCUT2D eigenvalue weighted by Gasteiger charge is 2.04. The molecule has 0 saturated heterocycles. The number of nitrogens with one attached hydrogen (secondary N) is 1. The smallest absolute Gasteiger partial charge is 0.142 e. The van der Waals surface area contributed by atoms with Gasteiger partial charge in [0.05, 0.1) is 12.3 Å². The van der Waals surface area contributed by atoms with Crippen molar-refractivity contribution in [1.29, 1.82) is 0 Å². The number of rotatable bonds is 11. The molecule has 0 radical (unpaired) electrons. The molecule has 4 heteroatoms. The number of hydrogen-bond acceptors (Lipinski definition) is 4. The Labute approximate surface area is 173 Å². The van der Waals surface area contributed by atoms with Crippen LogP contribution in [0.5, 0.6) is 17.2 Å². The zero-order valence-electron chi connectivity index (χ0n) is 17.1. The molecule has 29 heavy (non-hydrogen) atoms. The van der Waals surface area contributed by atoms with Crippen molar-refractivity contribution in [1.82, 2.24) is 0 Å². The Morgan fingerprint density at radius 2 is 1.45 bits per heavy atom. The zero-order chi connectivity index (χ0) is 20.3. The molecule has 0 aromatic heterocycles. The Bertz CT molecular complexity index is 865. The van der Waals surface area contributed by atoms with Crippen LogP contribution in [0.3, 0.4) is 0 Å². The van der Waals surface area contributed by atoms with Crippen molar-refractivity contribution in [2.75, 3.05) is 25.1 Å². The van der Waals surface area contributed by atoms with Gasteiger partial charge in [0.25, 0.3) is 0 Å². The summed E-state index contributed by atoms with van der Waals surface area (Å²) in [7, 11) is 0. The first-order valence-corrected chi connectivity index (χ1v) is 10.1. The molecule has 0 spiro atoms. The average Bonchev–Trinajstić information content (AvgIpc) is 2.75. The topological polar surface area (TPSA) is 39.7 Å². The first kappa shape index (κ1) is 20.6. The van der Waals surface area contributed by atoms with E-state index in [1.165, 1.54) is 0 Å². The van der Waals surface area contributed by atoms with Gasteiger partial charge in [-0.05, 0) is 47.9 Å².